The van der Waals surface area contributed by atoms with Crippen LogP contribution in [-0.4, -0.2) is 15.7 Å². The molecule has 0 saturated carbocycles. The topological polar surface area (TPSA) is 37.3 Å². The largest absolute Gasteiger partial charge is 0.507 e. The van der Waals surface area contributed by atoms with E-state index in [9.17, 15) is 9.90 Å². The SMILES string of the molecule is CCCCC(Br)C(=O)c1ccc(O)c(Br)c1. The Labute approximate surface area is 112 Å². The van der Waals surface area contributed by atoms with Crippen LogP contribution in [0.1, 0.15) is 36.5 Å². The fourth-order valence-electron chi connectivity index (χ4n) is 1.36. The number of phenols is 1. The van der Waals surface area contributed by atoms with Gasteiger partial charge < -0.3 is 5.11 Å². The van der Waals surface area contributed by atoms with Crippen LogP contribution >= 0.6 is 31.9 Å². The minimum atomic E-state index is -0.135. The van der Waals surface area contributed by atoms with E-state index in [2.05, 4.69) is 38.8 Å². The number of phenolic OH excluding ortho intramolecular Hbond substituents is 1. The number of hydrogen-bond acceptors (Lipinski definition) is 2. The molecule has 1 unspecified atom stereocenters. The van der Waals surface area contributed by atoms with Crippen LogP contribution < -0.4 is 0 Å². The molecule has 1 rings (SSSR count). The van der Waals surface area contributed by atoms with Gasteiger partial charge in [0.2, 0.25) is 0 Å². The summed E-state index contributed by atoms with van der Waals surface area (Å²) < 4.78 is 0.550. The number of ketones is 1. The first-order valence-corrected chi connectivity index (χ1v) is 6.94. The molecular formula is C12H14Br2O2. The van der Waals surface area contributed by atoms with Crippen molar-refractivity contribution in [3.63, 3.8) is 0 Å². The minimum absolute atomic E-state index is 0.0640. The second kappa shape index (κ2) is 6.40. The standard InChI is InChI=1S/C12H14Br2O2/c1-2-3-4-9(13)12(16)8-5-6-11(15)10(14)7-8/h5-7,9,15H,2-4H2,1H3. The average Bonchev–Trinajstić information content (AvgIpc) is 2.28. The van der Waals surface area contributed by atoms with Gasteiger partial charge in [-0.2, -0.15) is 0 Å². The average molecular weight is 350 g/mol. The Kier molecular flexibility index (Phi) is 5.49. The third-order valence-electron chi connectivity index (χ3n) is 2.33. The van der Waals surface area contributed by atoms with Crippen molar-refractivity contribution in [2.75, 3.05) is 0 Å². The number of alkyl halides is 1. The summed E-state index contributed by atoms with van der Waals surface area (Å²) in [6.07, 6.45) is 2.95. The molecule has 88 valence electrons. The summed E-state index contributed by atoms with van der Waals surface area (Å²) in [5.41, 5.74) is 0.614. The monoisotopic (exact) mass is 348 g/mol. The summed E-state index contributed by atoms with van der Waals surface area (Å²) in [4.78, 5) is 11.8. The summed E-state index contributed by atoms with van der Waals surface area (Å²) >= 11 is 6.60. The first-order chi connectivity index (χ1) is 7.56. The second-order valence-electron chi connectivity index (χ2n) is 3.64. The van der Waals surface area contributed by atoms with E-state index < -0.39 is 0 Å². The number of Topliss-reactive ketones (excluding diaryl/α,β-unsaturated/α-hetero) is 1. The Balaban J connectivity index is 2.76. The van der Waals surface area contributed by atoms with E-state index in [0.717, 1.165) is 19.3 Å². The van der Waals surface area contributed by atoms with Crippen LogP contribution in [0.25, 0.3) is 0 Å². The van der Waals surface area contributed by atoms with Crippen molar-refractivity contribution >= 4 is 37.6 Å². The highest BCUT2D eigenvalue weighted by molar-refractivity contribution is 9.10. The van der Waals surface area contributed by atoms with Crippen molar-refractivity contribution in [2.45, 2.75) is 31.0 Å². The molecule has 0 heterocycles. The van der Waals surface area contributed by atoms with Crippen molar-refractivity contribution in [1.29, 1.82) is 0 Å². The van der Waals surface area contributed by atoms with Gasteiger partial charge in [-0.05, 0) is 40.5 Å². The van der Waals surface area contributed by atoms with Gasteiger partial charge in [-0.25, -0.2) is 0 Å². The van der Waals surface area contributed by atoms with Crippen LogP contribution in [0.15, 0.2) is 22.7 Å². The molecule has 1 N–H and O–H groups in total. The highest BCUT2D eigenvalue weighted by Gasteiger charge is 2.17. The van der Waals surface area contributed by atoms with Gasteiger partial charge in [0.25, 0.3) is 0 Å². The molecule has 0 aliphatic carbocycles. The maximum absolute atomic E-state index is 12.0. The lowest BCUT2D eigenvalue weighted by Crippen LogP contribution is -2.13. The zero-order valence-corrected chi connectivity index (χ0v) is 12.2. The zero-order chi connectivity index (χ0) is 12.1. The number of carbonyl (C=O) groups is 1. The zero-order valence-electron chi connectivity index (χ0n) is 9.04. The normalized spacial score (nSPS) is 12.4. The van der Waals surface area contributed by atoms with E-state index in [1.54, 1.807) is 12.1 Å². The molecular weight excluding hydrogens is 336 g/mol. The van der Waals surface area contributed by atoms with E-state index in [-0.39, 0.29) is 16.4 Å². The van der Waals surface area contributed by atoms with E-state index >= 15 is 0 Å². The van der Waals surface area contributed by atoms with E-state index in [4.69, 9.17) is 0 Å². The molecule has 0 fully saturated rings. The molecule has 0 aliphatic heterocycles. The van der Waals surface area contributed by atoms with Gasteiger partial charge in [0.1, 0.15) is 5.75 Å². The fraction of sp³-hybridized carbons (Fsp3) is 0.417. The Bertz CT molecular complexity index is 377. The summed E-state index contributed by atoms with van der Waals surface area (Å²) in [7, 11) is 0. The summed E-state index contributed by atoms with van der Waals surface area (Å²) in [6.45, 7) is 2.10. The van der Waals surface area contributed by atoms with Gasteiger partial charge in [0, 0.05) is 5.56 Å². The van der Waals surface area contributed by atoms with Gasteiger partial charge in [-0.1, -0.05) is 35.7 Å². The molecule has 4 heteroatoms. The van der Waals surface area contributed by atoms with Crippen LogP contribution in [0.4, 0.5) is 0 Å². The molecule has 2 nitrogen and oxygen atoms in total. The molecule has 16 heavy (non-hydrogen) atoms. The number of aromatic hydroxyl groups is 1. The van der Waals surface area contributed by atoms with Crippen molar-refractivity contribution < 1.29 is 9.90 Å². The molecule has 0 amide bonds. The molecule has 1 atom stereocenters. The van der Waals surface area contributed by atoms with Crippen LogP contribution in [0, 0.1) is 0 Å². The molecule has 0 saturated heterocycles. The lowest BCUT2D eigenvalue weighted by atomic mass is 10.0. The van der Waals surface area contributed by atoms with E-state index in [0.29, 0.717) is 10.0 Å². The second-order valence-corrected chi connectivity index (χ2v) is 5.60. The molecule has 1 aromatic rings. The highest BCUT2D eigenvalue weighted by Crippen LogP contribution is 2.26. The summed E-state index contributed by atoms with van der Waals surface area (Å²) in [5.74, 6) is 0.213. The van der Waals surface area contributed by atoms with Crippen LogP contribution in [0.5, 0.6) is 5.75 Å². The number of halogens is 2. The Morgan fingerprint density at radius 2 is 2.19 bits per heavy atom. The first-order valence-electron chi connectivity index (χ1n) is 5.23. The number of benzene rings is 1. The molecule has 0 radical (unpaired) electrons. The number of carbonyl (C=O) groups excluding carboxylic acids is 1. The van der Waals surface area contributed by atoms with Gasteiger partial charge in [-0.3, -0.25) is 4.79 Å². The van der Waals surface area contributed by atoms with Gasteiger partial charge in [0.15, 0.2) is 5.78 Å². The van der Waals surface area contributed by atoms with Crippen molar-refractivity contribution in [3.8, 4) is 5.75 Å². The third-order valence-corrected chi connectivity index (χ3v) is 3.84. The fourth-order valence-corrected chi connectivity index (χ4v) is 2.32. The van der Waals surface area contributed by atoms with Crippen molar-refractivity contribution in [2.24, 2.45) is 0 Å². The maximum atomic E-state index is 12.0. The van der Waals surface area contributed by atoms with Gasteiger partial charge in [-0.15, -0.1) is 0 Å². The Morgan fingerprint density at radius 3 is 2.75 bits per heavy atom. The van der Waals surface area contributed by atoms with Crippen molar-refractivity contribution in [3.05, 3.63) is 28.2 Å². The van der Waals surface area contributed by atoms with E-state index in [1.807, 2.05) is 0 Å². The number of unbranched alkanes of at least 4 members (excludes halogenated alkanes) is 1. The summed E-state index contributed by atoms with van der Waals surface area (Å²) in [6, 6.07) is 4.82. The Hall–Kier alpha value is -0.350. The molecule has 1 aromatic carbocycles. The highest BCUT2D eigenvalue weighted by atomic mass is 79.9. The maximum Gasteiger partial charge on any atom is 0.176 e. The quantitative estimate of drug-likeness (QED) is 0.636. The van der Waals surface area contributed by atoms with Gasteiger partial charge in [0.05, 0.1) is 9.30 Å². The number of hydrogen-bond donors (Lipinski definition) is 1. The predicted molar refractivity (Wildman–Crippen MR) is 72.4 cm³/mol. The lowest BCUT2D eigenvalue weighted by molar-refractivity contribution is 0.0988. The molecule has 0 aromatic heterocycles. The van der Waals surface area contributed by atoms with Crippen LogP contribution in [0.2, 0.25) is 0 Å². The first kappa shape index (κ1) is 13.7. The molecule has 0 spiro atoms. The number of rotatable bonds is 5. The van der Waals surface area contributed by atoms with Crippen LogP contribution in [0.3, 0.4) is 0 Å². The van der Waals surface area contributed by atoms with Crippen molar-refractivity contribution in [1.82, 2.24) is 0 Å². The molecule has 0 bridgehead atoms. The molecule has 0 aliphatic rings. The predicted octanol–water partition coefficient (Wildman–Crippen LogP) is 4.29. The smallest absolute Gasteiger partial charge is 0.176 e. The van der Waals surface area contributed by atoms with E-state index in [1.165, 1.54) is 6.07 Å². The minimum Gasteiger partial charge on any atom is -0.507 e. The third kappa shape index (κ3) is 3.59. The van der Waals surface area contributed by atoms with Gasteiger partial charge >= 0.3 is 0 Å². The Morgan fingerprint density at radius 1 is 1.50 bits per heavy atom. The summed E-state index contributed by atoms with van der Waals surface area (Å²) in [5, 5.41) is 9.34. The lowest BCUT2D eigenvalue weighted by Gasteiger charge is -2.08. The van der Waals surface area contributed by atoms with Crippen LogP contribution in [-0.2, 0) is 0 Å².